The Labute approximate surface area is 170 Å². The van der Waals surface area contributed by atoms with Crippen LogP contribution in [-0.2, 0) is 13.6 Å². The van der Waals surface area contributed by atoms with Gasteiger partial charge in [-0.15, -0.1) is 0 Å². The number of hydrogen-bond donors (Lipinski definition) is 1. The maximum absolute atomic E-state index is 13.3. The number of aryl methyl sites for hydroxylation is 2. The number of fused-ring (bicyclic) bond motifs is 1. The van der Waals surface area contributed by atoms with Crippen LogP contribution in [0.3, 0.4) is 0 Å². The predicted octanol–water partition coefficient (Wildman–Crippen LogP) is 3.03. The number of pyridine rings is 1. The first-order valence-electron chi connectivity index (χ1n) is 9.63. The molecule has 0 saturated carbocycles. The fraction of sp³-hybridized carbons (Fsp3) is 0.364. The van der Waals surface area contributed by atoms with Gasteiger partial charge in [0.15, 0.2) is 5.65 Å². The van der Waals surface area contributed by atoms with Gasteiger partial charge in [-0.2, -0.15) is 5.10 Å². The number of benzene rings is 1. The third-order valence-electron chi connectivity index (χ3n) is 5.02. The number of rotatable bonds is 5. The van der Waals surface area contributed by atoms with Crippen LogP contribution in [0.2, 0.25) is 0 Å². The van der Waals surface area contributed by atoms with Crippen LogP contribution in [0.4, 0.5) is 0 Å². The van der Waals surface area contributed by atoms with Gasteiger partial charge in [0, 0.05) is 38.9 Å². The summed E-state index contributed by atoms with van der Waals surface area (Å²) in [4.78, 5) is 31.4. The summed E-state index contributed by atoms with van der Waals surface area (Å²) < 4.78 is 1.73. The van der Waals surface area contributed by atoms with E-state index in [1.165, 1.54) is 0 Å². The first-order valence-corrected chi connectivity index (χ1v) is 9.63. The summed E-state index contributed by atoms with van der Waals surface area (Å²) in [5.41, 5.74) is 4.54. The molecule has 0 atom stereocenters. The van der Waals surface area contributed by atoms with Crippen LogP contribution >= 0.6 is 0 Å². The molecule has 0 aliphatic rings. The molecule has 7 heteroatoms. The molecule has 3 aromatic rings. The van der Waals surface area contributed by atoms with Crippen molar-refractivity contribution in [2.24, 2.45) is 7.05 Å². The molecule has 0 aliphatic carbocycles. The van der Waals surface area contributed by atoms with E-state index in [9.17, 15) is 9.59 Å². The highest BCUT2D eigenvalue weighted by atomic mass is 16.2. The summed E-state index contributed by atoms with van der Waals surface area (Å²) in [7, 11) is 5.23. The lowest BCUT2D eigenvalue weighted by molar-refractivity contribution is 0.0786. The number of carbonyl (C=O) groups excluding carboxylic acids is 2. The monoisotopic (exact) mass is 393 g/mol. The second-order valence-electron chi connectivity index (χ2n) is 7.59. The van der Waals surface area contributed by atoms with Gasteiger partial charge in [-0.1, -0.05) is 26.0 Å². The SMILES string of the molecule is CNC(=O)c1ccc(CN(C)C(=O)c2cc(C(C)C)nc3c2c(C)nn3C)cc1. The van der Waals surface area contributed by atoms with Crippen molar-refractivity contribution in [3.05, 3.63) is 58.4 Å². The van der Waals surface area contributed by atoms with Crippen LogP contribution in [0, 0.1) is 6.92 Å². The van der Waals surface area contributed by atoms with Gasteiger partial charge in [0.1, 0.15) is 0 Å². The Hall–Kier alpha value is -3.22. The predicted molar refractivity (Wildman–Crippen MR) is 113 cm³/mol. The number of amides is 2. The molecule has 0 unspecified atom stereocenters. The van der Waals surface area contributed by atoms with Gasteiger partial charge in [-0.3, -0.25) is 14.3 Å². The Morgan fingerprint density at radius 3 is 2.45 bits per heavy atom. The largest absolute Gasteiger partial charge is 0.355 e. The standard InChI is InChI=1S/C22H27N5O2/c1-13(2)18-11-17(19-14(3)25-27(6)20(19)24-18)22(29)26(5)12-15-7-9-16(10-8-15)21(28)23-4/h7-11,13H,12H2,1-6H3,(H,23,28). The third kappa shape index (κ3) is 3.99. The molecule has 152 valence electrons. The van der Waals surface area contributed by atoms with E-state index in [0.29, 0.717) is 17.7 Å². The molecule has 2 heterocycles. The smallest absolute Gasteiger partial charge is 0.254 e. The Morgan fingerprint density at radius 1 is 1.21 bits per heavy atom. The molecule has 29 heavy (non-hydrogen) atoms. The Morgan fingerprint density at radius 2 is 1.86 bits per heavy atom. The van der Waals surface area contributed by atoms with E-state index in [1.54, 1.807) is 35.8 Å². The molecule has 0 spiro atoms. The lowest BCUT2D eigenvalue weighted by atomic mass is 10.0. The van der Waals surface area contributed by atoms with Crippen LogP contribution in [-0.4, -0.2) is 45.6 Å². The van der Waals surface area contributed by atoms with E-state index < -0.39 is 0 Å². The molecule has 1 aromatic carbocycles. The fourth-order valence-corrected chi connectivity index (χ4v) is 3.39. The zero-order valence-electron chi connectivity index (χ0n) is 17.8. The van der Waals surface area contributed by atoms with E-state index in [0.717, 1.165) is 28.0 Å². The van der Waals surface area contributed by atoms with Crippen molar-refractivity contribution in [2.75, 3.05) is 14.1 Å². The van der Waals surface area contributed by atoms with Crippen LogP contribution in [0.5, 0.6) is 0 Å². The highest BCUT2D eigenvalue weighted by molar-refractivity contribution is 6.06. The van der Waals surface area contributed by atoms with Crippen molar-refractivity contribution in [3.63, 3.8) is 0 Å². The van der Waals surface area contributed by atoms with Gasteiger partial charge in [0.25, 0.3) is 11.8 Å². The minimum absolute atomic E-state index is 0.0780. The molecule has 0 bridgehead atoms. The summed E-state index contributed by atoms with van der Waals surface area (Å²) >= 11 is 0. The maximum Gasteiger partial charge on any atom is 0.254 e. The fourth-order valence-electron chi connectivity index (χ4n) is 3.39. The Balaban J connectivity index is 1.93. The van der Waals surface area contributed by atoms with Crippen molar-refractivity contribution in [1.82, 2.24) is 25.0 Å². The first kappa shape index (κ1) is 20.5. The van der Waals surface area contributed by atoms with Gasteiger partial charge in [-0.25, -0.2) is 4.98 Å². The van der Waals surface area contributed by atoms with Crippen LogP contribution in [0.15, 0.2) is 30.3 Å². The van der Waals surface area contributed by atoms with Crippen LogP contribution < -0.4 is 5.32 Å². The molecule has 0 aliphatic heterocycles. The normalized spacial score (nSPS) is 11.1. The number of hydrogen-bond acceptors (Lipinski definition) is 4. The molecule has 7 nitrogen and oxygen atoms in total. The Bertz CT molecular complexity index is 1070. The lowest BCUT2D eigenvalue weighted by Crippen LogP contribution is -2.27. The molecule has 3 rings (SSSR count). The van der Waals surface area contributed by atoms with Crippen molar-refractivity contribution >= 4 is 22.8 Å². The molecule has 0 fully saturated rings. The van der Waals surface area contributed by atoms with E-state index in [2.05, 4.69) is 24.3 Å². The minimum Gasteiger partial charge on any atom is -0.355 e. The van der Waals surface area contributed by atoms with Gasteiger partial charge in [0.05, 0.1) is 16.6 Å². The summed E-state index contributed by atoms with van der Waals surface area (Å²) in [6, 6.07) is 9.14. The van der Waals surface area contributed by atoms with Crippen molar-refractivity contribution in [3.8, 4) is 0 Å². The molecule has 2 amide bonds. The zero-order valence-corrected chi connectivity index (χ0v) is 17.8. The molecule has 2 aromatic heterocycles. The van der Waals surface area contributed by atoms with Crippen LogP contribution in [0.1, 0.15) is 57.4 Å². The summed E-state index contributed by atoms with van der Waals surface area (Å²) in [5.74, 6) is -0.0112. The third-order valence-corrected chi connectivity index (χ3v) is 5.02. The van der Waals surface area contributed by atoms with Crippen LogP contribution in [0.25, 0.3) is 11.0 Å². The second kappa shape index (κ2) is 8.03. The van der Waals surface area contributed by atoms with Gasteiger partial charge < -0.3 is 10.2 Å². The minimum atomic E-state index is -0.131. The Kier molecular flexibility index (Phi) is 5.68. The summed E-state index contributed by atoms with van der Waals surface area (Å²) in [6.45, 7) is 6.45. The zero-order chi connectivity index (χ0) is 21.3. The number of nitrogens with one attached hydrogen (secondary N) is 1. The van der Waals surface area contributed by atoms with Crippen molar-refractivity contribution in [1.29, 1.82) is 0 Å². The topological polar surface area (TPSA) is 80.1 Å². The highest BCUT2D eigenvalue weighted by Crippen LogP contribution is 2.26. The summed E-state index contributed by atoms with van der Waals surface area (Å²) in [6.07, 6.45) is 0. The second-order valence-corrected chi connectivity index (χ2v) is 7.59. The van der Waals surface area contributed by atoms with E-state index in [4.69, 9.17) is 4.98 Å². The molecular formula is C22H27N5O2. The highest BCUT2D eigenvalue weighted by Gasteiger charge is 2.22. The number of nitrogens with zero attached hydrogens (tertiary/aromatic N) is 4. The molecule has 0 saturated heterocycles. The molecular weight excluding hydrogens is 366 g/mol. The first-order chi connectivity index (χ1) is 13.7. The summed E-state index contributed by atoms with van der Waals surface area (Å²) in [5, 5.41) is 7.85. The van der Waals surface area contributed by atoms with Gasteiger partial charge in [-0.05, 0) is 36.6 Å². The average molecular weight is 393 g/mol. The lowest BCUT2D eigenvalue weighted by Gasteiger charge is -2.19. The van der Waals surface area contributed by atoms with Gasteiger partial charge in [0.2, 0.25) is 0 Å². The quantitative estimate of drug-likeness (QED) is 0.723. The number of aromatic nitrogens is 3. The number of carbonyl (C=O) groups is 2. The molecule has 0 radical (unpaired) electrons. The van der Waals surface area contributed by atoms with Crippen molar-refractivity contribution < 1.29 is 9.59 Å². The van der Waals surface area contributed by atoms with Crippen molar-refractivity contribution in [2.45, 2.75) is 33.2 Å². The van der Waals surface area contributed by atoms with E-state index >= 15 is 0 Å². The average Bonchev–Trinajstić information content (AvgIpc) is 3.00. The van der Waals surface area contributed by atoms with Gasteiger partial charge >= 0.3 is 0 Å². The molecule has 1 N–H and O–H groups in total. The van der Waals surface area contributed by atoms with E-state index in [-0.39, 0.29) is 17.7 Å². The van der Waals surface area contributed by atoms with E-state index in [1.807, 2.05) is 32.2 Å². The maximum atomic E-state index is 13.3.